The highest BCUT2D eigenvalue weighted by molar-refractivity contribution is 5.90. The fourth-order valence-electron chi connectivity index (χ4n) is 3.48. The molecule has 4 rings (SSSR count). The van der Waals surface area contributed by atoms with Crippen LogP contribution in [0.3, 0.4) is 0 Å². The molecule has 0 saturated heterocycles. The van der Waals surface area contributed by atoms with Crippen molar-refractivity contribution in [2.24, 2.45) is 0 Å². The van der Waals surface area contributed by atoms with E-state index in [4.69, 9.17) is 4.74 Å². The number of aromatic nitrogens is 2. The normalized spacial score (nSPS) is 11.1. The molecule has 0 bridgehead atoms. The minimum absolute atomic E-state index is 0.0925. The van der Waals surface area contributed by atoms with Crippen LogP contribution in [0.2, 0.25) is 0 Å². The molecule has 0 aliphatic carbocycles. The Morgan fingerprint density at radius 1 is 1.21 bits per heavy atom. The van der Waals surface area contributed by atoms with Gasteiger partial charge in [-0.1, -0.05) is 18.2 Å². The number of rotatable bonds is 7. The number of para-hydroxylation sites is 1. The third-order valence-electron chi connectivity index (χ3n) is 4.92. The quantitative estimate of drug-likeness (QED) is 0.462. The standard InChI is InChI=1S/C23H22FN3O2/c1-15-18(19-13-17(24)8-9-20(19)27-15)14-22(28)25-11-4-12-29-21-7-2-5-16-6-3-10-26-23(16)21/h2-3,5-10,13,27H,4,11-12,14H2,1H3,(H,25,28). The maximum atomic E-state index is 13.6. The van der Waals surface area contributed by atoms with Crippen LogP contribution in [0.15, 0.2) is 54.7 Å². The van der Waals surface area contributed by atoms with Crippen molar-refractivity contribution in [2.45, 2.75) is 19.8 Å². The van der Waals surface area contributed by atoms with Gasteiger partial charge in [0.2, 0.25) is 5.91 Å². The van der Waals surface area contributed by atoms with E-state index in [-0.39, 0.29) is 18.1 Å². The number of pyridine rings is 1. The highest BCUT2D eigenvalue weighted by Gasteiger charge is 2.13. The summed E-state index contributed by atoms with van der Waals surface area (Å²) in [7, 11) is 0. The molecular weight excluding hydrogens is 369 g/mol. The van der Waals surface area contributed by atoms with E-state index in [1.807, 2.05) is 37.3 Å². The molecule has 1 amide bonds. The predicted octanol–water partition coefficient (Wildman–Crippen LogP) is 4.29. The number of fused-ring (bicyclic) bond motifs is 2. The Kier molecular flexibility index (Phi) is 5.42. The summed E-state index contributed by atoms with van der Waals surface area (Å²) in [6.45, 7) is 2.88. The Hall–Kier alpha value is -3.41. The van der Waals surface area contributed by atoms with Crippen LogP contribution in [0.25, 0.3) is 21.8 Å². The maximum Gasteiger partial charge on any atom is 0.224 e. The van der Waals surface area contributed by atoms with Crippen molar-refractivity contribution in [3.8, 4) is 5.75 Å². The molecule has 2 N–H and O–H groups in total. The number of nitrogens with one attached hydrogen (secondary N) is 2. The van der Waals surface area contributed by atoms with Crippen LogP contribution in [0.5, 0.6) is 5.75 Å². The van der Waals surface area contributed by atoms with Gasteiger partial charge in [-0.05, 0) is 49.2 Å². The number of hydrogen-bond acceptors (Lipinski definition) is 3. The third kappa shape index (κ3) is 4.21. The molecule has 0 aliphatic rings. The van der Waals surface area contributed by atoms with Crippen molar-refractivity contribution in [2.75, 3.05) is 13.2 Å². The zero-order chi connectivity index (χ0) is 20.2. The summed E-state index contributed by atoms with van der Waals surface area (Å²) in [4.78, 5) is 19.9. The lowest BCUT2D eigenvalue weighted by Gasteiger charge is -2.09. The SMILES string of the molecule is Cc1[nH]c2ccc(F)cc2c1CC(=O)NCCCOc1cccc2cccnc12. The molecule has 29 heavy (non-hydrogen) atoms. The highest BCUT2D eigenvalue weighted by Crippen LogP contribution is 2.24. The van der Waals surface area contributed by atoms with Crippen LogP contribution in [-0.4, -0.2) is 29.0 Å². The van der Waals surface area contributed by atoms with Crippen molar-refractivity contribution in [1.29, 1.82) is 0 Å². The van der Waals surface area contributed by atoms with Gasteiger partial charge in [0.25, 0.3) is 0 Å². The first-order valence-corrected chi connectivity index (χ1v) is 9.62. The smallest absolute Gasteiger partial charge is 0.224 e. The van der Waals surface area contributed by atoms with Crippen LogP contribution >= 0.6 is 0 Å². The number of nitrogens with zero attached hydrogens (tertiary/aromatic N) is 1. The molecule has 6 heteroatoms. The molecule has 0 spiro atoms. The second-order valence-electron chi connectivity index (χ2n) is 6.98. The van der Waals surface area contributed by atoms with E-state index in [1.165, 1.54) is 12.1 Å². The van der Waals surface area contributed by atoms with E-state index in [0.717, 1.165) is 38.8 Å². The summed E-state index contributed by atoms with van der Waals surface area (Å²) < 4.78 is 19.4. The summed E-state index contributed by atoms with van der Waals surface area (Å²) >= 11 is 0. The Morgan fingerprint density at radius 2 is 2.07 bits per heavy atom. The highest BCUT2D eigenvalue weighted by atomic mass is 19.1. The molecule has 0 radical (unpaired) electrons. The first kappa shape index (κ1) is 18.9. The lowest BCUT2D eigenvalue weighted by atomic mass is 10.1. The van der Waals surface area contributed by atoms with Crippen LogP contribution in [0.1, 0.15) is 17.7 Å². The number of carbonyl (C=O) groups excluding carboxylic acids is 1. The van der Waals surface area contributed by atoms with Crippen LogP contribution in [-0.2, 0) is 11.2 Å². The second-order valence-corrected chi connectivity index (χ2v) is 6.98. The Bertz CT molecular complexity index is 1160. The fourth-order valence-corrected chi connectivity index (χ4v) is 3.48. The van der Waals surface area contributed by atoms with Gasteiger partial charge < -0.3 is 15.0 Å². The van der Waals surface area contributed by atoms with Crippen molar-refractivity contribution in [1.82, 2.24) is 15.3 Å². The van der Waals surface area contributed by atoms with Crippen LogP contribution in [0, 0.1) is 12.7 Å². The molecule has 0 unspecified atom stereocenters. The molecule has 148 valence electrons. The number of aryl methyl sites for hydroxylation is 1. The molecule has 0 fully saturated rings. The van der Waals surface area contributed by atoms with Crippen LogP contribution < -0.4 is 10.1 Å². The van der Waals surface area contributed by atoms with Crippen LogP contribution in [0.4, 0.5) is 4.39 Å². The largest absolute Gasteiger partial charge is 0.491 e. The minimum Gasteiger partial charge on any atom is -0.491 e. The topological polar surface area (TPSA) is 67.0 Å². The molecule has 2 heterocycles. The van der Waals surface area contributed by atoms with Gasteiger partial charge in [0, 0.05) is 34.7 Å². The summed E-state index contributed by atoms with van der Waals surface area (Å²) in [5.41, 5.74) is 3.38. The average Bonchev–Trinajstić information content (AvgIpc) is 3.02. The van der Waals surface area contributed by atoms with Gasteiger partial charge in [0.1, 0.15) is 17.1 Å². The molecule has 0 saturated carbocycles. The second kappa shape index (κ2) is 8.31. The van der Waals surface area contributed by atoms with E-state index in [0.29, 0.717) is 19.6 Å². The first-order valence-electron chi connectivity index (χ1n) is 9.62. The molecular formula is C23H22FN3O2. The van der Waals surface area contributed by atoms with Crippen molar-refractivity contribution in [3.63, 3.8) is 0 Å². The lowest BCUT2D eigenvalue weighted by Crippen LogP contribution is -2.27. The molecule has 2 aromatic heterocycles. The van der Waals surface area contributed by atoms with Gasteiger partial charge in [0.15, 0.2) is 0 Å². The van der Waals surface area contributed by atoms with Crippen molar-refractivity contribution < 1.29 is 13.9 Å². The molecule has 2 aromatic carbocycles. The van der Waals surface area contributed by atoms with Gasteiger partial charge in [-0.3, -0.25) is 9.78 Å². The lowest BCUT2D eigenvalue weighted by molar-refractivity contribution is -0.120. The molecule has 4 aromatic rings. The third-order valence-corrected chi connectivity index (χ3v) is 4.92. The summed E-state index contributed by atoms with van der Waals surface area (Å²) in [6, 6.07) is 14.3. The van der Waals surface area contributed by atoms with E-state index < -0.39 is 0 Å². The number of H-pyrrole nitrogens is 1. The number of ether oxygens (including phenoxy) is 1. The van der Waals surface area contributed by atoms with E-state index in [9.17, 15) is 9.18 Å². The number of amides is 1. The van der Waals surface area contributed by atoms with E-state index in [1.54, 1.807) is 12.3 Å². The van der Waals surface area contributed by atoms with Gasteiger partial charge in [-0.25, -0.2) is 4.39 Å². The summed E-state index contributed by atoms with van der Waals surface area (Å²) in [5.74, 6) is 0.342. The van der Waals surface area contributed by atoms with Gasteiger partial charge in [0.05, 0.1) is 13.0 Å². The maximum absolute atomic E-state index is 13.6. The predicted molar refractivity (Wildman–Crippen MR) is 112 cm³/mol. The van der Waals surface area contributed by atoms with E-state index in [2.05, 4.69) is 15.3 Å². The van der Waals surface area contributed by atoms with E-state index >= 15 is 0 Å². The summed E-state index contributed by atoms with van der Waals surface area (Å²) in [6.07, 6.45) is 2.63. The Balaban J connectivity index is 1.29. The van der Waals surface area contributed by atoms with Crippen molar-refractivity contribution >= 4 is 27.7 Å². The zero-order valence-electron chi connectivity index (χ0n) is 16.2. The van der Waals surface area contributed by atoms with Crippen molar-refractivity contribution in [3.05, 3.63) is 71.8 Å². The van der Waals surface area contributed by atoms with Gasteiger partial charge in [-0.2, -0.15) is 0 Å². The zero-order valence-corrected chi connectivity index (χ0v) is 16.2. The number of carbonyl (C=O) groups is 1. The monoisotopic (exact) mass is 391 g/mol. The number of halogens is 1. The molecule has 5 nitrogen and oxygen atoms in total. The number of benzene rings is 2. The Labute approximate surface area is 167 Å². The fraction of sp³-hybridized carbons (Fsp3) is 0.217. The average molecular weight is 391 g/mol. The van der Waals surface area contributed by atoms with Gasteiger partial charge >= 0.3 is 0 Å². The molecule has 0 atom stereocenters. The minimum atomic E-state index is -0.307. The van der Waals surface area contributed by atoms with Gasteiger partial charge in [-0.15, -0.1) is 0 Å². The number of hydrogen-bond donors (Lipinski definition) is 2. The Morgan fingerprint density at radius 3 is 2.97 bits per heavy atom. The summed E-state index contributed by atoms with van der Waals surface area (Å²) in [5, 5.41) is 4.69. The molecule has 0 aliphatic heterocycles. The first-order chi connectivity index (χ1) is 14.1. The number of aromatic amines is 1.